The highest BCUT2D eigenvalue weighted by Crippen LogP contribution is 2.28. The minimum Gasteiger partial charge on any atom is -0.310 e. The van der Waals surface area contributed by atoms with E-state index < -0.39 is 17.6 Å². The van der Waals surface area contributed by atoms with Crippen molar-refractivity contribution in [1.29, 1.82) is 0 Å². The molecule has 0 fully saturated rings. The third-order valence-electron chi connectivity index (χ3n) is 2.12. The molecule has 8 heteroatoms. The van der Waals surface area contributed by atoms with Crippen LogP contribution in [0.3, 0.4) is 0 Å². The molecule has 0 aliphatic heterocycles. The second kappa shape index (κ2) is 3.78. The number of hydrogen-bond acceptors (Lipinski definition) is 3. The summed E-state index contributed by atoms with van der Waals surface area (Å²) in [5.74, 6) is -1.19. The number of hydrogen-bond donors (Lipinski definition) is 2. The summed E-state index contributed by atoms with van der Waals surface area (Å²) in [4.78, 5) is 11.3. The van der Waals surface area contributed by atoms with Crippen LogP contribution < -0.4 is 11.1 Å². The molecule has 0 saturated heterocycles. The van der Waals surface area contributed by atoms with E-state index in [4.69, 9.17) is 5.73 Å². The van der Waals surface area contributed by atoms with Gasteiger partial charge in [-0.15, -0.1) is 0 Å². The molecule has 0 spiro atoms. The molecular weight excluding hydrogens is 225 g/mol. The number of nitrogens with zero attached hydrogens (tertiary/aromatic N) is 2. The minimum atomic E-state index is -4.81. The maximum atomic E-state index is 12.4. The third kappa shape index (κ3) is 2.16. The number of carbonyl (C=O) groups is 1. The third-order valence-corrected chi connectivity index (χ3v) is 2.12. The fraction of sp³-hybridized carbons (Fsp3) is 0.500. The molecule has 0 aliphatic rings. The highest BCUT2D eigenvalue weighted by Gasteiger charge is 2.54. The summed E-state index contributed by atoms with van der Waals surface area (Å²) in [5.41, 5.74) is 2.00. The van der Waals surface area contributed by atoms with E-state index in [1.165, 1.54) is 24.0 Å². The van der Waals surface area contributed by atoms with Crippen molar-refractivity contribution in [3.05, 3.63) is 12.3 Å². The Bertz CT molecular complexity index is 396. The van der Waals surface area contributed by atoms with Crippen LogP contribution in [0.4, 0.5) is 19.0 Å². The molecule has 1 aromatic heterocycles. The Labute approximate surface area is 89.4 Å². The first-order valence-electron chi connectivity index (χ1n) is 4.31. The van der Waals surface area contributed by atoms with Crippen LogP contribution in [0.5, 0.6) is 0 Å². The van der Waals surface area contributed by atoms with Gasteiger partial charge in [-0.1, -0.05) is 0 Å². The molecule has 1 aromatic rings. The second-order valence-electron chi connectivity index (χ2n) is 3.49. The molecule has 90 valence electrons. The number of alkyl halides is 3. The molecule has 1 heterocycles. The average Bonchev–Trinajstić information content (AvgIpc) is 2.49. The van der Waals surface area contributed by atoms with Crippen molar-refractivity contribution in [2.45, 2.75) is 18.6 Å². The Morgan fingerprint density at radius 2 is 2.12 bits per heavy atom. The number of anilines is 1. The Morgan fingerprint density at radius 3 is 2.50 bits per heavy atom. The normalized spacial score (nSPS) is 15.6. The van der Waals surface area contributed by atoms with Crippen molar-refractivity contribution in [1.82, 2.24) is 9.78 Å². The van der Waals surface area contributed by atoms with Crippen molar-refractivity contribution in [3.8, 4) is 0 Å². The van der Waals surface area contributed by atoms with Crippen LogP contribution >= 0.6 is 0 Å². The number of nitrogens with two attached hydrogens (primary N) is 1. The smallest absolute Gasteiger partial charge is 0.310 e. The zero-order chi connectivity index (χ0) is 12.6. The lowest BCUT2D eigenvalue weighted by atomic mass is 10.0. The Balaban J connectivity index is 2.85. The zero-order valence-corrected chi connectivity index (χ0v) is 8.67. The van der Waals surface area contributed by atoms with Crippen molar-refractivity contribution < 1.29 is 18.0 Å². The number of rotatable bonds is 2. The summed E-state index contributed by atoms with van der Waals surface area (Å²) in [7, 11) is 1.48. The van der Waals surface area contributed by atoms with Crippen LogP contribution in [0.2, 0.25) is 0 Å². The van der Waals surface area contributed by atoms with Gasteiger partial charge in [-0.05, 0) is 6.92 Å². The van der Waals surface area contributed by atoms with Crippen LogP contribution in [0.1, 0.15) is 6.92 Å². The Hall–Kier alpha value is -1.57. The Morgan fingerprint density at radius 1 is 1.56 bits per heavy atom. The highest BCUT2D eigenvalue weighted by atomic mass is 19.4. The summed E-state index contributed by atoms with van der Waals surface area (Å²) in [5, 5.41) is 5.75. The van der Waals surface area contributed by atoms with Crippen LogP contribution in [0.15, 0.2) is 12.3 Å². The van der Waals surface area contributed by atoms with Crippen LogP contribution in [0.25, 0.3) is 0 Å². The molecule has 16 heavy (non-hydrogen) atoms. The second-order valence-corrected chi connectivity index (χ2v) is 3.49. The van der Waals surface area contributed by atoms with Gasteiger partial charge < -0.3 is 11.1 Å². The lowest BCUT2D eigenvalue weighted by Crippen LogP contribution is -2.59. The van der Waals surface area contributed by atoms with Gasteiger partial charge in [-0.25, -0.2) is 0 Å². The predicted molar refractivity (Wildman–Crippen MR) is 50.5 cm³/mol. The van der Waals surface area contributed by atoms with Crippen molar-refractivity contribution in [3.63, 3.8) is 0 Å². The Kier molecular flexibility index (Phi) is 2.95. The number of amides is 1. The highest BCUT2D eigenvalue weighted by molar-refractivity contribution is 5.97. The molecule has 3 N–H and O–H groups in total. The van der Waals surface area contributed by atoms with Crippen LogP contribution in [-0.4, -0.2) is 27.4 Å². The van der Waals surface area contributed by atoms with Crippen molar-refractivity contribution >= 4 is 11.7 Å². The van der Waals surface area contributed by atoms with Crippen molar-refractivity contribution in [2.24, 2.45) is 12.8 Å². The van der Waals surface area contributed by atoms with Gasteiger partial charge in [0.05, 0.1) is 6.20 Å². The summed E-state index contributed by atoms with van der Waals surface area (Å²) in [6.45, 7) is 0.610. The molecule has 0 bridgehead atoms. The van der Waals surface area contributed by atoms with Gasteiger partial charge in [0.25, 0.3) is 5.91 Å². The van der Waals surface area contributed by atoms with E-state index in [0.717, 1.165) is 0 Å². The first kappa shape index (κ1) is 12.5. The number of aromatic nitrogens is 2. The van der Waals surface area contributed by atoms with Gasteiger partial charge in [-0.3, -0.25) is 9.48 Å². The van der Waals surface area contributed by atoms with Crippen LogP contribution in [0, 0.1) is 0 Å². The standard InChI is InChI=1S/C8H11F3N4O/c1-7(12,8(9,10)11)6(16)14-5-3-4-13-15(5)2/h3-4H,12H2,1-2H3,(H,14,16). The lowest BCUT2D eigenvalue weighted by molar-refractivity contribution is -0.184. The maximum absolute atomic E-state index is 12.4. The largest absolute Gasteiger partial charge is 0.415 e. The van der Waals surface area contributed by atoms with E-state index in [2.05, 4.69) is 10.4 Å². The topological polar surface area (TPSA) is 72.9 Å². The molecule has 0 saturated carbocycles. The van der Waals surface area contributed by atoms with Gasteiger partial charge in [0.2, 0.25) is 0 Å². The van der Waals surface area contributed by atoms with E-state index in [1.807, 2.05) is 0 Å². The number of nitrogens with one attached hydrogen (secondary N) is 1. The minimum absolute atomic E-state index is 0.144. The van der Waals surface area contributed by atoms with E-state index in [9.17, 15) is 18.0 Å². The molecule has 0 radical (unpaired) electrons. The van der Waals surface area contributed by atoms with Gasteiger partial charge in [0.15, 0.2) is 5.54 Å². The zero-order valence-electron chi connectivity index (χ0n) is 8.67. The van der Waals surface area contributed by atoms with Gasteiger partial charge in [-0.2, -0.15) is 18.3 Å². The molecule has 1 atom stereocenters. The summed E-state index contributed by atoms with van der Waals surface area (Å²) < 4.78 is 38.4. The molecule has 1 unspecified atom stereocenters. The fourth-order valence-electron chi connectivity index (χ4n) is 0.871. The predicted octanol–water partition coefficient (Wildman–Crippen LogP) is 0.638. The van der Waals surface area contributed by atoms with Gasteiger partial charge in [0.1, 0.15) is 5.82 Å². The van der Waals surface area contributed by atoms with Gasteiger partial charge in [0, 0.05) is 13.1 Å². The summed E-state index contributed by atoms with van der Waals surface area (Å²) >= 11 is 0. The molecule has 1 amide bonds. The van der Waals surface area contributed by atoms with Crippen molar-refractivity contribution in [2.75, 3.05) is 5.32 Å². The van der Waals surface area contributed by atoms with E-state index in [1.54, 1.807) is 0 Å². The molecule has 5 nitrogen and oxygen atoms in total. The first-order valence-corrected chi connectivity index (χ1v) is 4.31. The average molecular weight is 236 g/mol. The lowest BCUT2D eigenvalue weighted by Gasteiger charge is -2.25. The quantitative estimate of drug-likeness (QED) is 0.791. The number of carbonyl (C=O) groups excluding carboxylic acids is 1. The number of aryl methyl sites for hydroxylation is 1. The molecule has 1 rings (SSSR count). The molecule has 0 aromatic carbocycles. The first-order chi connectivity index (χ1) is 7.16. The van der Waals surface area contributed by atoms with E-state index in [-0.39, 0.29) is 5.82 Å². The molecular formula is C8H11F3N4O. The summed E-state index contributed by atoms with van der Waals surface area (Å²) in [6, 6.07) is 1.37. The number of halogens is 3. The van der Waals surface area contributed by atoms with Gasteiger partial charge >= 0.3 is 6.18 Å². The molecule has 0 aliphatic carbocycles. The SMILES string of the molecule is Cn1nccc1NC(=O)C(C)(N)C(F)(F)F. The fourth-order valence-corrected chi connectivity index (χ4v) is 0.871. The monoisotopic (exact) mass is 236 g/mol. The maximum Gasteiger partial charge on any atom is 0.415 e. The summed E-state index contributed by atoms with van der Waals surface area (Å²) in [6.07, 6.45) is -3.47. The van der Waals surface area contributed by atoms with E-state index >= 15 is 0 Å². The van der Waals surface area contributed by atoms with E-state index in [0.29, 0.717) is 6.92 Å². The van der Waals surface area contributed by atoms with Crippen LogP contribution in [-0.2, 0) is 11.8 Å².